The highest BCUT2D eigenvalue weighted by molar-refractivity contribution is 9.10. The smallest absolute Gasteiger partial charge is 0.0815 e. The topological polar surface area (TPSA) is 41.5 Å². The van der Waals surface area contributed by atoms with Crippen LogP contribution in [0.3, 0.4) is 0 Å². The molecule has 0 atom stereocenters. The minimum Gasteiger partial charge on any atom is -0.388 e. The van der Waals surface area contributed by atoms with E-state index in [0.717, 1.165) is 23.9 Å². The largest absolute Gasteiger partial charge is 0.388 e. The molecule has 2 N–H and O–H groups in total. The first-order valence-corrected chi connectivity index (χ1v) is 7.14. The van der Waals surface area contributed by atoms with Crippen LogP contribution in [0.1, 0.15) is 24.0 Å². The van der Waals surface area contributed by atoms with Crippen LogP contribution in [-0.4, -0.2) is 30.5 Å². The highest BCUT2D eigenvalue weighted by atomic mass is 79.9. The Bertz CT molecular complexity index is 403. The van der Waals surface area contributed by atoms with Crippen molar-refractivity contribution in [2.75, 3.05) is 19.8 Å². The summed E-state index contributed by atoms with van der Waals surface area (Å²) in [4.78, 5) is 0. The summed E-state index contributed by atoms with van der Waals surface area (Å²) < 4.78 is 6.40. The molecule has 0 radical (unpaired) electrons. The Kier molecular flexibility index (Phi) is 4.78. The molecular weight excluding hydrogens is 294 g/mol. The van der Waals surface area contributed by atoms with E-state index in [0.29, 0.717) is 19.8 Å². The molecule has 1 heterocycles. The molecule has 100 valence electrons. The van der Waals surface area contributed by atoms with E-state index in [-0.39, 0.29) is 0 Å². The fraction of sp³-hybridized carbons (Fsp3) is 0.571. The summed E-state index contributed by atoms with van der Waals surface area (Å²) in [5.74, 6) is 0. The number of hydrogen-bond donors (Lipinski definition) is 2. The molecule has 18 heavy (non-hydrogen) atoms. The van der Waals surface area contributed by atoms with Crippen LogP contribution >= 0.6 is 15.9 Å². The summed E-state index contributed by atoms with van der Waals surface area (Å²) in [5.41, 5.74) is 1.87. The molecule has 1 aromatic carbocycles. The molecule has 4 heteroatoms. The molecule has 0 aromatic heterocycles. The Balaban J connectivity index is 1.82. The molecule has 0 aliphatic carbocycles. The quantitative estimate of drug-likeness (QED) is 0.897. The van der Waals surface area contributed by atoms with Crippen molar-refractivity contribution in [1.29, 1.82) is 0 Å². The minimum absolute atomic E-state index is 0.597. The number of halogens is 1. The molecule has 1 saturated heterocycles. The van der Waals surface area contributed by atoms with E-state index in [4.69, 9.17) is 4.74 Å². The Hall–Kier alpha value is -0.420. The number of rotatable bonds is 4. The van der Waals surface area contributed by atoms with Gasteiger partial charge in [-0.05, 0) is 24.1 Å². The van der Waals surface area contributed by atoms with Crippen molar-refractivity contribution in [1.82, 2.24) is 5.32 Å². The molecule has 1 aromatic rings. The molecule has 1 fully saturated rings. The Morgan fingerprint density at radius 2 is 2.11 bits per heavy atom. The van der Waals surface area contributed by atoms with Gasteiger partial charge in [0.1, 0.15) is 0 Å². The average molecular weight is 314 g/mol. The Morgan fingerprint density at radius 1 is 1.39 bits per heavy atom. The molecule has 1 aliphatic rings. The minimum atomic E-state index is -0.597. The third-order valence-corrected chi connectivity index (χ3v) is 4.30. The van der Waals surface area contributed by atoms with Crippen molar-refractivity contribution in [2.45, 2.75) is 31.9 Å². The van der Waals surface area contributed by atoms with Crippen LogP contribution in [-0.2, 0) is 11.3 Å². The van der Waals surface area contributed by atoms with Crippen LogP contribution in [0, 0.1) is 6.92 Å². The summed E-state index contributed by atoms with van der Waals surface area (Å²) in [7, 11) is 0. The van der Waals surface area contributed by atoms with Crippen LogP contribution in [0.4, 0.5) is 0 Å². The van der Waals surface area contributed by atoms with Gasteiger partial charge in [0.05, 0.1) is 5.60 Å². The van der Waals surface area contributed by atoms with Crippen molar-refractivity contribution in [2.24, 2.45) is 0 Å². The first-order valence-electron chi connectivity index (χ1n) is 6.35. The van der Waals surface area contributed by atoms with Crippen molar-refractivity contribution in [3.8, 4) is 0 Å². The lowest BCUT2D eigenvalue weighted by molar-refractivity contribution is -0.0617. The zero-order chi connectivity index (χ0) is 13.0. The first-order chi connectivity index (χ1) is 8.59. The van der Waals surface area contributed by atoms with E-state index in [1.54, 1.807) is 0 Å². The van der Waals surface area contributed by atoms with Gasteiger partial charge in [0.25, 0.3) is 0 Å². The summed E-state index contributed by atoms with van der Waals surface area (Å²) in [6, 6.07) is 6.34. The standard InChI is InChI=1S/C14H20BrNO2/c1-11-2-3-12(8-13(11)15)9-16-10-14(17)4-6-18-7-5-14/h2-3,8,16-17H,4-7,9-10H2,1H3. The summed E-state index contributed by atoms with van der Waals surface area (Å²) >= 11 is 3.53. The SMILES string of the molecule is Cc1ccc(CNCC2(O)CCOCC2)cc1Br. The van der Waals surface area contributed by atoms with Gasteiger partial charge in [-0.2, -0.15) is 0 Å². The normalized spacial score (nSPS) is 18.8. The monoisotopic (exact) mass is 313 g/mol. The van der Waals surface area contributed by atoms with Gasteiger partial charge in [-0.15, -0.1) is 0 Å². The molecule has 0 bridgehead atoms. The summed E-state index contributed by atoms with van der Waals surface area (Å²) in [6.07, 6.45) is 1.44. The maximum absolute atomic E-state index is 10.3. The van der Waals surface area contributed by atoms with E-state index in [1.165, 1.54) is 11.1 Å². The maximum atomic E-state index is 10.3. The van der Waals surface area contributed by atoms with Crippen LogP contribution in [0.15, 0.2) is 22.7 Å². The molecule has 0 saturated carbocycles. The summed E-state index contributed by atoms with van der Waals surface area (Å²) in [6.45, 7) is 4.80. The number of hydrogen-bond acceptors (Lipinski definition) is 3. The van der Waals surface area contributed by atoms with Crippen LogP contribution in [0.2, 0.25) is 0 Å². The first kappa shape index (κ1) is 14.0. The molecule has 0 amide bonds. The maximum Gasteiger partial charge on any atom is 0.0815 e. The second-order valence-electron chi connectivity index (χ2n) is 5.02. The zero-order valence-electron chi connectivity index (χ0n) is 10.7. The van der Waals surface area contributed by atoms with Gasteiger partial charge >= 0.3 is 0 Å². The van der Waals surface area contributed by atoms with Gasteiger partial charge in [0, 0.05) is 43.6 Å². The van der Waals surface area contributed by atoms with Crippen molar-refractivity contribution in [3.05, 3.63) is 33.8 Å². The third kappa shape index (κ3) is 3.79. The molecule has 3 nitrogen and oxygen atoms in total. The van der Waals surface area contributed by atoms with E-state index in [1.807, 2.05) is 0 Å². The highest BCUT2D eigenvalue weighted by Gasteiger charge is 2.28. The van der Waals surface area contributed by atoms with Gasteiger partial charge in [0.2, 0.25) is 0 Å². The lowest BCUT2D eigenvalue weighted by Crippen LogP contribution is -2.44. The van der Waals surface area contributed by atoms with E-state index >= 15 is 0 Å². The van der Waals surface area contributed by atoms with Crippen LogP contribution in [0.5, 0.6) is 0 Å². The number of benzene rings is 1. The van der Waals surface area contributed by atoms with Crippen molar-refractivity contribution >= 4 is 15.9 Å². The lowest BCUT2D eigenvalue weighted by atomic mass is 9.94. The van der Waals surface area contributed by atoms with Crippen molar-refractivity contribution < 1.29 is 9.84 Å². The number of aliphatic hydroxyl groups is 1. The third-order valence-electron chi connectivity index (χ3n) is 3.44. The molecule has 0 spiro atoms. The number of ether oxygens (including phenoxy) is 1. The Labute approximate surface area is 117 Å². The fourth-order valence-corrected chi connectivity index (χ4v) is 2.54. The van der Waals surface area contributed by atoms with E-state index in [2.05, 4.69) is 46.4 Å². The van der Waals surface area contributed by atoms with Gasteiger partial charge < -0.3 is 15.2 Å². The molecule has 0 unspecified atom stereocenters. The predicted octanol–water partition coefficient (Wildman–Crippen LogP) is 2.39. The van der Waals surface area contributed by atoms with Gasteiger partial charge in [0.15, 0.2) is 0 Å². The second-order valence-corrected chi connectivity index (χ2v) is 5.88. The van der Waals surface area contributed by atoms with Crippen molar-refractivity contribution in [3.63, 3.8) is 0 Å². The average Bonchev–Trinajstić information content (AvgIpc) is 2.34. The molecular formula is C14H20BrNO2. The number of aryl methyl sites for hydroxylation is 1. The van der Waals surface area contributed by atoms with E-state index in [9.17, 15) is 5.11 Å². The van der Waals surface area contributed by atoms with E-state index < -0.39 is 5.60 Å². The second kappa shape index (κ2) is 6.15. The molecule has 2 rings (SSSR count). The van der Waals surface area contributed by atoms with Gasteiger partial charge in [-0.1, -0.05) is 28.1 Å². The van der Waals surface area contributed by atoms with Gasteiger partial charge in [-0.25, -0.2) is 0 Å². The lowest BCUT2D eigenvalue weighted by Gasteiger charge is -2.32. The number of nitrogens with one attached hydrogen (secondary N) is 1. The fourth-order valence-electron chi connectivity index (χ4n) is 2.11. The summed E-state index contributed by atoms with van der Waals surface area (Å²) in [5, 5.41) is 13.6. The van der Waals surface area contributed by atoms with Gasteiger partial charge in [-0.3, -0.25) is 0 Å². The van der Waals surface area contributed by atoms with Crippen LogP contribution < -0.4 is 5.32 Å². The predicted molar refractivity (Wildman–Crippen MR) is 75.6 cm³/mol. The highest BCUT2D eigenvalue weighted by Crippen LogP contribution is 2.20. The Morgan fingerprint density at radius 3 is 2.78 bits per heavy atom. The zero-order valence-corrected chi connectivity index (χ0v) is 12.3. The molecule has 1 aliphatic heterocycles. The van der Waals surface area contributed by atoms with Crippen LogP contribution in [0.25, 0.3) is 0 Å².